The molecule has 0 saturated heterocycles. The van der Waals surface area contributed by atoms with E-state index in [1.54, 1.807) is 42.9 Å². The predicted molar refractivity (Wildman–Crippen MR) is 141 cm³/mol. The first-order chi connectivity index (χ1) is 19.0. The highest BCUT2D eigenvalue weighted by atomic mass is 32.2. The maximum Gasteiger partial charge on any atom is 0.416 e. The number of hydrogen-bond donors (Lipinski definition) is 1. The Kier molecular flexibility index (Phi) is 5.98. The van der Waals surface area contributed by atoms with Crippen LogP contribution in [0.1, 0.15) is 28.8 Å². The van der Waals surface area contributed by atoms with Gasteiger partial charge in [-0.05, 0) is 73.9 Å². The molecule has 1 saturated carbocycles. The number of hydrogen-bond acceptors (Lipinski definition) is 7. The molecule has 1 aliphatic carbocycles. The monoisotopic (exact) mass is 566 g/mol. The summed E-state index contributed by atoms with van der Waals surface area (Å²) in [6.07, 6.45) is 3.44. The molecule has 5 aromatic rings. The molecule has 13 heteroatoms. The van der Waals surface area contributed by atoms with E-state index in [1.165, 1.54) is 10.9 Å². The third kappa shape index (κ3) is 4.72. The molecule has 0 aliphatic heterocycles. The topological polar surface area (TPSA) is 112 Å². The van der Waals surface area contributed by atoms with E-state index in [2.05, 4.69) is 20.4 Å². The van der Waals surface area contributed by atoms with Crippen LogP contribution in [0, 0.1) is 12.8 Å². The van der Waals surface area contributed by atoms with Crippen LogP contribution >= 0.6 is 0 Å². The van der Waals surface area contributed by atoms with Gasteiger partial charge in [0.25, 0.3) is 10.0 Å². The molecule has 0 bridgehead atoms. The molecule has 0 amide bonds. The maximum absolute atomic E-state index is 13.2. The van der Waals surface area contributed by atoms with E-state index in [4.69, 9.17) is 0 Å². The van der Waals surface area contributed by atoms with Gasteiger partial charge in [0, 0.05) is 41.1 Å². The highest BCUT2D eigenvalue weighted by Crippen LogP contribution is 2.32. The van der Waals surface area contributed by atoms with Crippen LogP contribution in [-0.2, 0) is 16.2 Å². The number of carbonyl (C=O) groups excluding carboxylic acids is 1. The van der Waals surface area contributed by atoms with Crippen molar-refractivity contribution in [3.63, 3.8) is 0 Å². The molecule has 0 spiro atoms. The van der Waals surface area contributed by atoms with Crippen LogP contribution in [0.3, 0.4) is 0 Å². The highest BCUT2D eigenvalue weighted by Gasteiger charge is 2.32. The van der Waals surface area contributed by atoms with E-state index in [0.29, 0.717) is 27.8 Å². The Balaban J connectivity index is 1.25. The second kappa shape index (κ2) is 9.30. The second-order valence-electron chi connectivity index (χ2n) is 9.55. The number of aromatic nitrogens is 5. The number of rotatable bonds is 6. The van der Waals surface area contributed by atoms with E-state index in [1.807, 2.05) is 6.92 Å². The maximum atomic E-state index is 13.2. The van der Waals surface area contributed by atoms with Crippen LogP contribution in [0.4, 0.5) is 24.8 Å². The quantitative estimate of drug-likeness (QED) is 0.283. The summed E-state index contributed by atoms with van der Waals surface area (Å²) in [5.41, 5.74) is 2.10. The summed E-state index contributed by atoms with van der Waals surface area (Å²) >= 11 is 0. The zero-order valence-electron chi connectivity index (χ0n) is 20.9. The predicted octanol–water partition coefficient (Wildman–Crippen LogP) is 5.65. The average molecular weight is 567 g/mol. The van der Waals surface area contributed by atoms with E-state index in [0.717, 1.165) is 46.6 Å². The molecule has 0 atom stereocenters. The van der Waals surface area contributed by atoms with Crippen LogP contribution in [0.5, 0.6) is 0 Å². The van der Waals surface area contributed by atoms with E-state index in [-0.39, 0.29) is 22.7 Å². The number of halogens is 3. The third-order valence-electron chi connectivity index (χ3n) is 6.63. The molecule has 0 radical (unpaired) electrons. The van der Waals surface area contributed by atoms with Crippen LogP contribution in [0.15, 0.2) is 78.2 Å². The first-order valence-electron chi connectivity index (χ1n) is 12.2. The summed E-state index contributed by atoms with van der Waals surface area (Å²) < 4.78 is 67.4. The van der Waals surface area contributed by atoms with E-state index < -0.39 is 21.8 Å². The van der Waals surface area contributed by atoms with Crippen LogP contribution in [0.2, 0.25) is 0 Å². The second-order valence-corrected chi connectivity index (χ2v) is 11.4. The lowest BCUT2D eigenvalue weighted by atomic mass is 10.1. The molecule has 9 nitrogen and oxygen atoms in total. The number of fused-ring (bicyclic) bond motifs is 1. The van der Waals surface area contributed by atoms with Gasteiger partial charge in [0.1, 0.15) is 0 Å². The highest BCUT2D eigenvalue weighted by molar-refractivity contribution is 7.90. The molecule has 40 heavy (non-hydrogen) atoms. The molecule has 1 fully saturated rings. The van der Waals surface area contributed by atoms with Gasteiger partial charge in [-0.1, -0.05) is 0 Å². The van der Waals surface area contributed by atoms with Gasteiger partial charge in [-0.15, -0.1) is 0 Å². The fourth-order valence-corrected chi connectivity index (χ4v) is 5.69. The van der Waals surface area contributed by atoms with E-state index in [9.17, 15) is 26.4 Å². The normalized spacial score (nSPS) is 14.0. The van der Waals surface area contributed by atoms with Gasteiger partial charge in [-0.25, -0.2) is 27.0 Å². The first-order valence-corrected chi connectivity index (χ1v) is 13.7. The smallest absolute Gasteiger partial charge is 0.324 e. The molecular weight excluding hydrogens is 545 g/mol. The van der Waals surface area contributed by atoms with Gasteiger partial charge in [0.05, 0.1) is 27.9 Å². The molecular formula is C27H21F3N6O3S. The van der Waals surface area contributed by atoms with Crippen molar-refractivity contribution >= 4 is 38.5 Å². The van der Waals surface area contributed by atoms with Crippen LogP contribution in [0.25, 0.3) is 22.2 Å². The molecule has 1 aliphatic rings. The third-order valence-corrected chi connectivity index (χ3v) is 8.33. The van der Waals surface area contributed by atoms with Crippen LogP contribution < -0.4 is 5.32 Å². The SMILES string of the molecule is Cc1cnc(Nc2ccc3c(ccn3S(=O)(=O)c3ccc(C(F)(F)F)cc3)c2)nc1-c1cnn(C(=O)C2CC2)c1. The fraction of sp³-hybridized carbons (Fsp3) is 0.185. The zero-order valence-corrected chi connectivity index (χ0v) is 21.7. The Morgan fingerprint density at radius 1 is 1.05 bits per heavy atom. The zero-order chi connectivity index (χ0) is 28.2. The van der Waals surface area contributed by atoms with Gasteiger partial charge in [0.15, 0.2) is 0 Å². The summed E-state index contributed by atoms with van der Waals surface area (Å²) in [5, 5.41) is 7.87. The fourth-order valence-electron chi connectivity index (χ4n) is 4.34. The van der Waals surface area contributed by atoms with Crippen molar-refractivity contribution in [3.05, 3.63) is 84.4 Å². The number of anilines is 2. The number of nitrogens with zero attached hydrogens (tertiary/aromatic N) is 5. The van der Waals surface area contributed by atoms with Gasteiger partial charge >= 0.3 is 6.18 Å². The Labute approximate surface area is 226 Å². The summed E-state index contributed by atoms with van der Waals surface area (Å²) in [6.45, 7) is 1.85. The first kappa shape index (κ1) is 25.7. The van der Waals surface area contributed by atoms with Crippen LogP contribution in [-0.4, -0.2) is 38.0 Å². The Hall–Kier alpha value is -4.52. The summed E-state index contributed by atoms with van der Waals surface area (Å²) in [4.78, 5) is 21.0. The Bertz CT molecular complexity index is 1870. The summed E-state index contributed by atoms with van der Waals surface area (Å²) in [7, 11) is -4.13. The molecule has 204 valence electrons. The number of nitrogens with one attached hydrogen (secondary N) is 1. The molecule has 1 N–H and O–H groups in total. The average Bonchev–Trinajstić information content (AvgIpc) is 3.50. The van der Waals surface area contributed by atoms with Crippen molar-refractivity contribution in [2.75, 3.05) is 5.32 Å². The minimum Gasteiger partial charge on any atom is -0.324 e. The number of benzene rings is 2. The van der Waals surface area contributed by atoms with E-state index >= 15 is 0 Å². The lowest BCUT2D eigenvalue weighted by Gasteiger charge is -2.11. The van der Waals surface area contributed by atoms with Gasteiger partial charge in [-0.3, -0.25) is 4.79 Å². The summed E-state index contributed by atoms with van der Waals surface area (Å²) in [6, 6.07) is 9.91. The standard InChI is InChI=1S/C27H21F3N6O3S/c1-16-13-31-26(34-24(16)19-14-32-35(15-19)25(37)17-2-3-17)33-21-6-9-23-18(12-21)10-11-36(23)40(38,39)22-7-4-20(5-8-22)27(28,29)30/h4-15,17H,2-3H2,1H3,(H,31,33,34). The molecule has 0 unspecified atom stereocenters. The minimum atomic E-state index is -4.56. The van der Waals surface area contributed by atoms with Gasteiger partial charge in [0.2, 0.25) is 11.9 Å². The molecule has 2 aromatic carbocycles. The van der Waals surface area contributed by atoms with Gasteiger partial charge < -0.3 is 5.32 Å². The number of alkyl halides is 3. The largest absolute Gasteiger partial charge is 0.416 e. The van der Waals surface area contributed by atoms with Crippen molar-refractivity contribution < 1.29 is 26.4 Å². The molecule has 6 rings (SSSR count). The van der Waals surface area contributed by atoms with Crippen molar-refractivity contribution in [1.82, 2.24) is 23.7 Å². The lowest BCUT2D eigenvalue weighted by Crippen LogP contribution is -2.12. The molecule has 3 heterocycles. The van der Waals surface area contributed by atoms with Crippen molar-refractivity contribution in [2.45, 2.75) is 30.8 Å². The van der Waals surface area contributed by atoms with Crippen molar-refractivity contribution in [2.24, 2.45) is 5.92 Å². The summed E-state index contributed by atoms with van der Waals surface area (Å²) in [5.74, 6) is 0.293. The Morgan fingerprint density at radius 3 is 2.50 bits per heavy atom. The Morgan fingerprint density at radius 2 is 1.80 bits per heavy atom. The lowest BCUT2D eigenvalue weighted by molar-refractivity contribution is -0.137. The molecule has 3 aromatic heterocycles. The number of carbonyl (C=O) groups is 1. The number of aryl methyl sites for hydroxylation is 1. The van der Waals surface area contributed by atoms with Crippen molar-refractivity contribution in [1.29, 1.82) is 0 Å². The van der Waals surface area contributed by atoms with Crippen molar-refractivity contribution in [3.8, 4) is 11.3 Å². The minimum absolute atomic E-state index is 0.0307. The van der Waals surface area contributed by atoms with Gasteiger partial charge in [-0.2, -0.15) is 18.3 Å².